The zero-order valence-electron chi connectivity index (χ0n) is 13.2. The first-order valence-corrected chi connectivity index (χ1v) is 9.14. The number of rotatable bonds is 6. The highest BCUT2D eigenvalue weighted by molar-refractivity contribution is 7.89. The molecule has 0 atom stereocenters. The average molecular weight is 310 g/mol. The van der Waals surface area contributed by atoms with Gasteiger partial charge in [-0.15, -0.1) is 0 Å². The Bertz CT molecular complexity index is 607. The summed E-state index contributed by atoms with van der Waals surface area (Å²) in [4.78, 5) is 0.420. The quantitative estimate of drug-likeness (QED) is 0.878. The number of aryl methyl sites for hydroxylation is 1. The number of sulfonamides is 1. The summed E-state index contributed by atoms with van der Waals surface area (Å²) in [6.07, 6.45) is 3.52. The topological polar surface area (TPSA) is 63.4 Å². The van der Waals surface area contributed by atoms with Crippen LogP contribution in [0.15, 0.2) is 17.0 Å². The lowest BCUT2D eigenvalue weighted by molar-refractivity contribution is 0.250. The number of nitrogens with two attached hydrogens (primary N) is 1. The Morgan fingerprint density at radius 1 is 1.29 bits per heavy atom. The fourth-order valence-electron chi connectivity index (χ4n) is 2.78. The molecular formula is C16H26N2O2S. The summed E-state index contributed by atoms with van der Waals surface area (Å²) in [5, 5.41) is 0. The van der Waals surface area contributed by atoms with E-state index in [-0.39, 0.29) is 0 Å². The molecule has 0 amide bonds. The van der Waals surface area contributed by atoms with Gasteiger partial charge in [-0.25, -0.2) is 8.42 Å². The standard InChI is InChI=1S/C16H26N2O2S/c1-4-18(11-14-6-5-7-14)21(19,20)16-9-15(10-17)8-12(2)13(16)3/h8-9,14H,4-7,10-11,17H2,1-3H3. The van der Waals surface area contributed by atoms with Crippen molar-refractivity contribution >= 4 is 10.0 Å². The predicted octanol–water partition coefficient (Wildman–Crippen LogP) is 2.57. The van der Waals surface area contributed by atoms with Crippen LogP contribution >= 0.6 is 0 Å². The van der Waals surface area contributed by atoms with Gasteiger partial charge < -0.3 is 5.73 Å². The molecule has 2 rings (SSSR count). The Morgan fingerprint density at radius 2 is 1.95 bits per heavy atom. The van der Waals surface area contributed by atoms with Crippen LogP contribution in [-0.2, 0) is 16.6 Å². The summed E-state index contributed by atoms with van der Waals surface area (Å²) in [6.45, 7) is 7.24. The molecule has 21 heavy (non-hydrogen) atoms. The first-order valence-electron chi connectivity index (χ1n) is 7.70. The third-order valence-electron chi connectivity index (χ3n) is 4.57. The summed E-state index contributed by atoms with van der Waals surface area (Å²) < 4.78 is 27.6. The summed E-state index contributed by atoms with van der Waals surface area (Å²) in [5.41, 5.74) is 8.38. The van der Waals surface area contributed by atoms with E-state index in [0.29, 0.717) is 30.4 Å². The summed E-state index contributed by atoms with van der Waals surface area (Å²) in [6, 6.07) is 3.71. The highest BCUT2D eigenvalue weighted by atomic mass is 32.2. The number of hydrogen-bond acceptors (Lipinski definition) is 3. The molecule has 0 saturated heterocycles. The van der Waals surface area contributed by atoms with Gasteiger partial charge in [0.05, 0.1) is 4.90 Å². The van der Waals surface area contributed by atoms with Gasteiger partial charge >= 0.3 is 0 Å². The van der Waals surface area contributed by atoms with E-state index in [0.717, 1.165) is 29.5 Å². The molecule has 118 valence electrons. The van der Waals surface area contributed by atoms with Crippen LogP contribution in [0.1, 0.15) is 42.9 Å². The van der Waals surface area contributed by atoms with Crippen LogP contribution in [-0.4, -0.2) is 25.8 Å². The van der Waals surface area contributed by atoms with Gasteiger partial charge in [0.15, 0.2) is 0 Å². The summed E-state index contributed by atoms with van der Waals surface area (Å²) in [5.74, 6) is 0.527. The maximum Gasteiger partial charge on any atom is 0.243 e. The molecule has 1 aliphatic rings. The molecule has 2 N–H and O–H groups in total. The van der Waals surface area contributed by atoms with Crippen LogP contribution in [0.2, 0.25) is 0 Å². The third-order valence-corrected chi connectivity index (χ3v) is 6.64. The molecule has 0 heterocycles. The predicted molar refractivity (Wildman–Crippen MR) is 85.6 cm³/mol. The van der Waals surface area contributed by atoms with Gasteiger partial charge in [0, 0.05) is 19.6 Å². The van der Waals surface area contributed by atoms with Crippen molar-refractivity contribution in [3.8, 4) is 0 Å². The largest absolute Gasteiger partial charge is 0.326 e. The molecule has 1 aromatic carbocycles. The van der Waals surface area contributed by atoms with Crippen LogP contribution in [0.25, 0.3) is 0 Å². The van der Waals surface area contributed by atoms with Crippen LogP contribution in [0.5, 0.6) is 0 Å². The zero-order chi connectivity index (χ0) is 15.6. The fraction of sp³-hybridized carbons (Fsp3) is 0.625. The van der Waals surface area contributed by atoms with Crippen molar-refractivity contribution in [2.45, 2.75) is 51.5 Å². The first kappa shape index (κ1) is 16.5. The molecule has 0 aromatic heterocycles. The minimum absolute atomic E-state index is 0.360. The van der Waals surface area contributed by atoms with Crippen molar-refractivity contribution in [1.82, 2.24) is 4.31 Å². The van der Waals surface area contributed by atoms with Crippen molar-refractivity contribution in [2.24, 2.45) is 11.7 Å². The Labute approximate surface area is 128 Å². The molecule has 1 aromatic rings. The lowest BCUT2D eigenvalue weighted by Crippen LogP contribution is -2.37. The zero-order valence-corrected chi connectivity index (χ0v) is 14.0. The van der Waals surface area contributed by atoms with Crippen LogP contribution in [0, 0.1) is 19.8 Å². The Hall–Kier alpha value is -0.910. The molecule has 0 aliphatic heterocycles. The average Bonchev–Trinajstić information content (AvgIpc) is 2.40. The molecule has 0 radical (unpaired) electrons. The molecule has 1 fully saturated rings. The van der Waals surface area contributed by atoms with Crippen molar-refractivity contribution in [2.75, 3.05) is 13.1 Å². The SMILES string of the molecule is CCN(CC1CCC1)S(=O)(=O)c1cc(CN)cc(C)c1C. The maximum absolute atomic E-state index is 13.0. The Morgan fingerprint density at radius 3 is 2.43 bits per heavy atom. The van der Waals surface area contributed by atoms with Gasteiger partial charge in [-0.1, -0.05) is 19.4 Å². The lowest BCUT2D eigenvalue weighted by Gasteiger charge is -2.31. The summed E-state index contributed by atoms with van der Waals surface area (Å²) in [7, 11) is -3.43. The van der Waals surface area contributed by atoms with Gasteiger partial charge in [0.25, 0.3) is 0 Å². The highest BCUT2D eigenvalue weighted by Gasteiger charge is 2.30. The molecule has 0 unspecified atom stereocenters. The van der Waals surface area contributed by atoms with Crippen molar-refractivity contribution in [3.63, 3.8) is 0 Å². The number of benzene rings is 1. The van der Waals surface area contributed by atoms with Gasteiger partial charge in [-0.2, -0.15) is 4.31 Å². The molecule has 0 bridgehead atoms. The van der Waals surface area contributed by atoms with Crippen LogP contribution < -0.4 is 5.73 Å². The van der Waals surface area contributed by atoms with E-state index in [9.17, 15) is 8.42 Å². The van der Waals surface area contributed by atoms with E-state index in [1.54, 1.807) is 10.4 Å². The van der Waals surface area contributed by atoms with E-state index in [4.69, 9.17) is 5.73 Å². The molecule has 5 heteroatoms. The number of hydrogen-bond donors (Lipinski definition) is 1. The molecule has 0 spiro atoms. The molecule has 1 saturated carbocycles. The van der Waals surface area contributed by atoms with Gasteiger partial charge in [-0.3, -0.25) is 0 Å². The van der Waals surface area contributed by atoms with E-state index < -0.39 is 10.0 Å². The van der Waals surface area contributed by atoms with Gasteiger partial charge in [0.2, 0.25) is 10.0 Å². The van der Waals surface area contributed by atoms with Crippen molar-refractivity contribution in [1.29, 1.82) is 0 Å². The summed E-state index contributed by atoms with van der Waals surface area (Å²) >= 11 is 0. The van der Waals surface area contributed by atoms with E-state index in [2.05, 4.69) is 0 Å². The van der Waals surface area contributed by atoms with E-state index in [1.807, 2.05) is 26.8 Å². The first-order chi connectivity index (χ1) is 9.90. The monoisotopic (exact) mass is 310 g/mol. The second-order valence-corrected chi connectivity index (χ2v) is 7.90. The van der Waals surface area contributed by atoms with Crippen molar-refractivity contribution in [3.05, 3.63) is 28.8 Å². The Kier molecular flexibility index (Phi) is 5.07. The van der Waals surface area contributed by atoms with Crippen molar-refractivity contribution < 1.29 is 8.42 Å². The minimum Gasteiger partial charge on any atom is -0.326 e. The van der Waals surface area contributed by atoms with Gasteiger partial charge in [0.1, 0.15) is 0 Å². The van der Waals surface area contributed by atoms with Crippen LogP contribution in [0.3, 0.4) is 0 Å². The molecular weight excluding hydrogens is 284 g/mol. The molecule has 4 nitrogen and oxygen atoms in total. The second-order valence-electron chi connectivity index (χ2n) is 5.99. The molecule has 1 aliphatic carbocycles. The Balaban J connectivity index is 2.39. The second kappa shape index (κ2) is 6.46. The smallest absolute Gasteiger partial charge is 0.243 e. The van der Waals surface area contributed by atoms with Crippen LogP contribution in [0.4, 0.5) is 0 Å². The normalized spacial score (nSPS) is 16.2. The van der Waals surface area contributed by atoms with E-state index in [1.165, 1.54) is 6.42 Å². The number of nitrogens with zero attached hydrogens (tertiary/aromatic N) is 1. The lowest BCUT2D eigenvalue weighted by atomic mass is 9.85. The minimum atomic E-state index is -3.43. The fourth-order valence-corrected chi connectivity index (χ4v) is 4.66. The highest BCUT2D eigenvalue weighted by Crippen LogP contribution is 2.30. The van der Waals surface area contributed by atoms with E-state index >= 15 is 0 Å². The van der Waals surface area contributed by atoms with Gasteiger partial charge in [-0.05, 0) is 55.4 Å². The maximum atomic E-state index is 13.0. The third kappa shape index (κ3) is 3.30.